The zero-order chi connectivity index (χ0) is 11.4. The van der Waals surface area contributed by atoms with Gasteiger partial charge in [-0.3, -0.25) is 0 Å². The van der Waals surface area contributed by atoms with Crippen molar-refractivity contribution in [2.24, 2.45) is 5.92 Å². The van der Waals surface area contributed by atoms with Crippen LogP contribution in [0.2, 0.25) is 4.34 Å². The molecule has 2 heterocycles. The van der Waals surface area contributed by atoms with E-state index in [0.29, 0.717) is 0 Å². The number of aryl methyl sites for hydroxylation is 1. The molecule has 0 bridgehead atoms. The molecule has 1 aromatic rings. The molecule has 2 rings (SSSR count). The molecule has 1 aromatic heterocycles. The Bertz CT molecular complexity index is 323. The Hall–Kier alpha value is -0.0500. The fourth-order valence-electron chi connectivity index (χ4n) is 2.49. The topological polar surface area (TPSA) is 12.0 Å². The van der Waals surface area contributed by atoms with Crippen molar-refractivity contribution in [3.05, 3.63) is 21.3 Å². The molecule has 1 N–H and O–H groups in total. The maximum absolute atomic E-state index is 5.93. The molecule has 1 aliphatic rings. The van der Waals surface area contributed by atoms with Gasteiger partial charge < -0.3 is 5.32 Å². The predicted molar refractivity (Wildman–Crippen MR) is 72.5 cm³/mol. The van der Waals surface area contributed by atoms with Gasteiger partial charge >= 0.3 is 0 Å². The minimum Gasteiger partial charge on any atom is -0.314 e. The molecule has 16 heavy (non-hydrogen) atoms. The van der Waals surface area contributed by atoms with Gasteiger partial charge in [-0.25, -0.2) is 0 Å². The standard InChI is InChI=1S/C13H20ClNS/c1-2-10-7-8-15-11(9-10)3-4-12-5-6-13(14)16-12/h5-6,10-11,15H,2-4,7-9H2,1H3. The van der Waals surface area contributed by atoms with Crippen molar-refractivity contribution in [2.75, 3.05) is 6.54 Å². The molecule has 2 atom stereocenters. The quantitative estimate of drug-likeness (QED) is 0.856. The second kappa shape index (κ2) is 6.04. The number of nitrogens with one attached hydrogen (secondary N) is 1. The number of piperidine rings is 1. The van der Waals surface area contributed by atoms with Crippen molar-refractivity contribution >= 4 is 22.9 Å². The van der Waals surface area contributed by atoms with Gasteiger partial charge in [0.1, 0.15) is 0 Å². The molecule has 1 fully saturated rings. The number of hydrogen-bond acceptors (Lipinski definition) is 2. The maximum atomic E-state index is 5.93. The average Bonchev–Trinajstić information content (AvgIpc) is 2.73. The highest BCUT2D eigenvalue weighted by atomic mass is 35.5. The summed E-state index contributed by atoms with van der Waals surface area (Å²) in [6, 6.07) is 4.89. The van der Waals surface area contributed by atoms with Crippen molar-refractivity contribution in [1.29, 1.82) is 0 Å². The van der Waals surface area contributed by atoms with Crippen LogP contribution in [0.3, 0.4) is 0 Å². The second-order valence-electron chi connectivity index (χ2n) is 4.69. The van der Waals surface area contributed by atoms with Crippen LogP contribution in [0.1, 0.15) is 37.5 Å². The van der Waals surface area contributed by atoms with Crippen LogP contribution in [0.5, 0.6) is 0 Å². The van der Waals surface area contributed by atoms with Gasteiger partial charge in [0, 0.05) is 10.9 Å². The molecule has 0 aliphatic carbocycles. The van der Waals surface area contributed by atoms with Crippen molar-refractivity contribution in [1.82, 2.24) is 5.32 Å². The summed E-state index contributed by atoms with van der Waals surface area (Å²) in [6.07, 6.45) is 6.48. The van der Waals surface area contributed by atoms with E-state index in [-0.39, 0.29) is 0 Å². The van der Waals surface area contributed by atoms with E-state index in [1.165, 1.54) is 43.5 Å². The molecular formula is C13H20ClNS. The minimum atomic E-state index is 0.722. The minimum absolute atomic E-state index is 0.722. The third kappa shape index (κ3) is 3.47. The third-order valence-electron chi connectivity index (χ3n) is 3.55. The van der Waals surface area contributed by atoms with Crippen LogP contribution in [0, 0.1) is 5.92 Å². The lowest BCUT2D eigenvalue weighted by atomic mass is 9.88. The maximum Gasteiger partial charge on any atom is 0.0931 e. The molecule has 1 nitrogen and oxygen atoms in total. The molecule has 0 saturated carbocycles. The summed E-state index contributed by atoms with van der Waals surface area (Å²) in [5.41, 5.74) is 0. The van der Waals surface area contributed by atoms with Crippen LogP contribution in [0.25, 0.3) is 0 Å². The molecule has 90 valence electrons. The molecule has 3 heteroatoms. The van der Waals surface area contributed by atoms with Crippen molar-refractivity contribution in [3.8, 4) is 0 Å². The number of hydrogen-bond donors (Lipinski definition) is 1. The summed E-state index contributed by atoms with van der Waals surface area (Å²) in [7, 11) is 0. The summed E-state index contributed by atoms with van der Waals surface area (Å²) in [6.45, 7) is 3.51. The molecular weight excluding hydrogens is 238 g/mol. The van der Waals surface area contributed by atoms with Gasteiger partial charge in [0.2, 0.25) is 0 Å². The largest absolute Gasteiger partial charge is 0.314 e. The average molecular weight is 258 g/mol. The zero-order valence-electron chi connectivity index (χ0n) is 9.84. The number of halogens is 1. The van der Waals surface area contributed by atoms with Crippen molar-refractivity contribution in [2.45, 2.75) is 45.1 Å². The highest BCUT2D eigenvalue weighted by molar-refractivity contribution is 7.16. The first-order valence-electron chi connectivity index (χ1n) is 6.25. The number of rotatable bonds is 4. The molecule has 0 amide bonds. The normalized spacial score (nSPS) is 25.9. The van der Waals surface area contributed by atoms with Crippen LogP contribution >= 0.6 is 22.9 Å². The zero-order valence-corrected chi connectivity index (χ0v) is 11.4. The van der Waals surface area contributed by atoms with Crippen LogP contribution in [0.15, 0.2) is 12.1 Å². The molecule has 1 aliphatic heterocycles. The van der Waals surface area contributed by atoms with E-state index >= 15 is 0 Å². The summed E-state index contributed by atoms with van der Waals surface area (Å²) in [4.78, 5) is 1.42. The summed E-state index contributed by atoms with van der Waals surface area (Å²) < 4.78 is 0.915. The fraction of sp³-hybridized carbons (Fsp3) is 0.692. The first-order valence-corrected chi connectivity index (χ1v) is 7.45. The second-order valence-corrected chi connectivity index (χ2v) is 6.49. The Kier molecular flexibility index (Phi) is 4.68. The van der Waals surface area contributed by atoms with E-state index in [1.54, 1.807) is 11.3 Å². The van der Waals surface area contributed by atoms with Crippen LogP contribution in [-0.4, -0.2) is 12.6 Å². The highest BCUT2D eigenvalue weighted by Gasteiger charge is 2.19. The third-order valence-corrected chi connectivity index (χ3v) is 4.84. The highest BCUT2D eigenvalue weighted by Crippen LogP contribution is 2.25. The van der Waals surface area contributed by atoms with Gasteiger partial charge in [-0.1, -0.05) is 24.9 Å². The SMILES string of the molecule is CCC1CCNC(CCc2ccc(Cl)s2)C1. The van der Waals surface area contributed by atoms with E-state index in [9.17, 15) is 0 Å². The first kappa shape index (κ1) is 12.4. The lowest BCUT2D eigenvalue weighted by Gasteiger charge is -2.29. The monoisotopic (exact) mass is 257 g/mol. The van der Waals surface area contributed by atoms with Gasteiger partial charge in [-0.2, -0.15) is 0 Å². The van der Waals surface area contributed by atoms with Crippen molar-refractivity contribution in [3.63, 3.8) is 0 Å². The Morgan fingerprint density at radius 3 is 3.06 bits per heavy atom. The van der Waals surface area contributed by atoms with E-state index in [1.807, 2.05) is 6.07 Å². The van der Waals surface area contributed by atoms with Crippen LogP contribution in [-0.2, 0) is 6.42 Å². The Balaban J connectivity index is 1.77. The Labute approximate surface area is 107 Å². The van der Waals surface area contributed by atoms with E-state index in [4.69, 9.17) is 11.6 Å². The summed E-state index contributed by atoms with van der Waals surface area (Å²) >= 11 is 7.65. The molecule has 0 radical (unpaired) electrons. The fourth-order valence-corrected chi connectivity index (χ4v) is 3.59. The lowest BCUT2D eigenvalue weighted by molar-refractivity contribution is 0.285. The first-order chi connectivity index (χ1) is 7.78. The van der Waals surface area contributed by atoms with E-state index in [2.05, 4.69) is 18.3 Å². The molecule has 0 aromatic carbocycles. The molecule has 0 spiro atoms. The summed E-state index contributed by atoms with van der Waals surface area (Å²) in [5, 5.41) is 3.63. The van der Waals surface area contributed by atoms with Gasteiger partial charge in [-0.05, 0) is 50.3 Å². The van der Waals surface area contributed by atoms with Gasteiger partial charge in [0.15, 0.2) is 0 Å². The smallest absolute Gasteiger partial charge is 0.0931 e. The lowest BCUT2D eigenvalue weighted by Crippen LogP contribution is -2.38. The molecule has 2 unspecified atom stereocenters. The van der Waals surface area contributed by atoms with E-state index < -0.39 is 0 Å². The van der Waals surface area contributed by atoms with E-state index in [0.717, 1.165) is 16.3 Å². The Morgan fingerprint density at radius 2 is 2.38 bits per heavy atom. The van der Waals surface area contributed by atoms with Gasteiger partial charge in [0.25, 0.3) is 0 Å². The number of thiophene rings is 1. The molecule has 1 saturated heterocycles. The van der Waals surface area contributed by atoms with Gasteiger partial charge in [-0.15, -0.1) is 11.3 Å². The summed E-state index contributed by atoms with van der Waals surface area (Å²) in [5.74, 6) is 0.943. The van der Waals surface area contributed by atoms with Crippen molar-refractivity contribution < 1.29 is 0 Å². The van der Waals surface area contributed by atoms with Gasteiger partial charge in [0.05, 0.1) is 4.34 Å². The van der Waals surface area contributed by atoms with Crippen LogP contribution < -0.4 is 5.32 Å². The predicted octanol–water partition coefficient (Wildman–Crippen LogP) is 4.11. The Morgan fingerprint density at radius 1 is 1.50 bits per heavy atom. The van der Waals surface area contributed by atoms with Crippen LogP contribution in [0.4, 0.5) is 0 Å².